The minimum absolute atomic E-state index is 0.0532. The van der Waals surface area contributed by atoms with Gasteiger partial charge in [-0.1, -0.05) is 303 Å². The zero-order chi connectivity index (χ0) is 83.1. The van der Waals surface area contributed by atoms with Crippen LogP contribution in [-0.4, -0.2) is 96.7 Å². The van der Waals surface area contributed by atoms with E-state index in [4.69, 9.17) is 37.0 Å². The predicted octanol–water partition coefficient (Wildman–Crippen LogP) is 25.6. The number of carbonyl (C=O) groups is 4. The van der Waals surface area contributed by atoms with Gasteiger partial charge in [0.25, 0.3) is 0 Å². The molecule has 0 bridgehead atoms. The van der Waals surface area contributed by atoms with Crippen molar-refractivity contribution in [3.05, 3.63) is 243 Å². The quantitative estimate of drug-likeness (QED) is 0.0169. The molecule has 0 aromatic heterocycles. The predicted molar refractivity (Wildman–Crippen MR) is 472 cm³/mol. The Labute approximate surface area is 688 Å². The second kappa shape index (κ2) is 83.8. The molecule has 0 rings (SSSR count). The van der Waals surface area contributed by atoms with Gasteiger partial charge in [0.2, 0.25) is 0 Å². The average Bonchev–Trinajstić information content (AvgIpc) is 0.897. The van der Waals surface area contributed by atoms with Crippen molar-refractivity contribution in [1.29, 1.82) is 0 Å². The molecule has 0 aliphatic heterocycles. The first-order valence-electron chi connectivity index (χ1n) is 42.3. The van der Waals surface area contributed by atoms with E-state index >= 15 is 0 Å². The molecule has 0 aliphatic rings. The number of allylic oxidation sites excluding steroid dienone is 40. The topological polar surface area (TPSA) is 237 Å². The average molecular weight is 1620 g/mol. The maximum absolute atomic E-state index is 13.1. The van der Waals surface area contributed by atoms with Gasteiger partial charge >= 0.3 is 39.5 Å². The van der Waals surface area contributed by atoms with E-state index in [-0.39, 0.29) is 25.7 Å². The van der Waals surface area contributed by atoms with Gasteiger partial charge in [-0.05, 0) is 186 Å². The van der Waals surface area contributed by atoms with E-state index in [0.29, 0.717) is 44.9 Å². The van der Waals surface area contributed by atoms with E-state index in [1.807, 2.05) is 48.6 Å². The number of unbranched alkanes of at least 4 members (excludes halogenated alkanes) is 10. The van der Waals surface area contributed by atoms with Crippen LogP contribution in [0, 0.1) is 0 Å². The number of rotatable bonds is 76. The molecule has 0 saturated carbocycles. The number of phosphoric ester groups is 2. The molecule has 0 saturated heterocycles. The van der Waals surface area contributed by atoms with Gasteiger partial charge in [0, 0.05) is 25.7 Å². The maximum Gasteiger partial charge on any atom is 0.472 e. The minimum atomic E-state index is -5.04. The van der Waals surface area contributed by atoms with Gasteiger partial charge in [0.1, 0.15) is 19.3 Å². The molecule has 0 aromatic carbocycles. The Bertz CT molecular complexity index is 3120. The molecule has 19 heteroatoms. The van der Waals surface area contributed by atoms with Gasteiger partial charge in [-0.2, -0.15) is 0 Å². The molecule has 638 valence electrons. The molecule has 0 radical (unpaired) electrons. The van der Waals surface area contributed by atoms with Crippen molar-refractivity contribution in [2.45, 2.75) is 290 Å². The van der Waals surface area contributed by atoms with Crippen LogP contribution in [-0.2, 0) is 65.4 Å². The third-order valence-corrected chi connectivity index (χ3v) is 18.2. The summed E-state index contributed by atoms with van der Waals surface area (Å²) in [6.07, 6.45) is 110. The van der Waals surface area contributed by atoms with Crippen LogP contribution in [0.3, 0.4) is 0 Å². The van der Waals surface area contributed by atoms with Crippen molar-refractivity contribution in [3.63, 3.8) is 0 Å². The van der Waals surface area contributed by atoms with Crippen LogP contribution in [0.25, 0.3) is 0 Å². The Morgan fingerprint density at radius 1 is 0.254 bits per heavy atom. The molecule has 3 N–H and O–H groups in total. The lowest BCUT2D eigenvalue weighted by Crippen LogP contribution is -2.30. The summed E-state index contributed by atoms with van der Waals surface area (Å²) in [6, 6.07) is 0. The van der Waals surface area contributed by atoms with Crippen LogP contribution >= 0.6 is 15.6 Å². The Morgan fingerprint density at radius 2 is 0.482 bits per heavy atom. The lowest BCUT2D eigenvalue weighted by Gasteiger charge is -2.21. The van der Waals surface area contributed by atoms with Crippen LogP contribution in [0.1, 0.15) is 272 Å². The van der Waals surface area contributed by atoms with Gasteiger partial charge in [0.15, 0.2) is 12.2 Å². The van der Waals surface area contributed by atoms with Crippen LogP contribution < -0.4 is 0 Å². The van der Waals surface area contributed by atoms with Gasteiger partial charge in [-0.25, -0.2) is 9.13 Å². The molecular weight excluding hydrogens is 1470 g/mol. The fourth-order valence-electron chi connectivity index (χ4n) is 9.95. The van der Waals surface area contributed by atoms with Gasteiger partial charge in [0.05, 0.1) is 26.4 Å². The lowest BCUT2D eigenvalue weighted by atomic mass is 10.1. The smallest absolute Gasteiger partial charge is 0.462 e. The molecule has 114 heavy (non-hydrogen) atoms. The van der Waals surface area contributed by atoms with Gasteiger partial charge in [-0.15, -0.1) is 0 Å². The summed E-state index contributed by atoms with van der Waals surface area (Å²) in [5.41, 5.74) is 0. The van der Waals surface area contributed by atoms with Crippen molar-refractivity contribution in [1.82, 2.24) is 0 Å². The van der Waals surface area contributed by atoms with Crippen LogP contribution in [0.15, 0.2) is 243 Å². The second-order valence-electron chi connectivity index (χ2n) is 26.9. The van der Waals surface area contributed by atoms with Gasteiger partial charge in [-0.3, -0.25) is 37.3 Å². The first-order valence-corrected chi connectivity index (χ1v) is 45.3. The fraction of sp³-hybridized carbons (Fsp3) is 0.537. The first kappa shape index (κ1) is 107. The molecule has 17 nitrogen and oxygen atoms in total. The highest BCUT2D eigenvalue weighted by Crippen LogP contribution is 2.45. The summed E-state index contributed by atoms with van der Waals surface area (Å²) in [6.45, 7) is 4.28. The molecule has 0 heterocycles. The van der Waals surface area contributed by atoms with E-state index in [2.05, 4.69) is 222 Å². The number of hydrogen-bond donors (Lipinski definition) is 3. The third kappa shape index (κ3) is 82.8. The Kier molecular flexibility index (Phi) is 78.5. The SMILES string of the molecule is CC/C=C\C/C=C\C/C=C\C/C=C\C/C=C\C/C=C\CCC(=O)O[C@H](COC(=O)CCCCC/C=C\C/C=C\C/C=C\C/C=C\C/C=C\CC)COP(=O)(O)OC[C@@H](O)COP(=O)(O)OC[C@@H](COC(=O)CCC/C=C\C/C=C\C/C=C\C/C=C\CCCCC)OC(=O)CC/C=C\C/C=C\C/C=C\C/C=C\C/C=C\CCCCC. The summed E-state index contributed by atoms with van der Waals surface area (Å²) in [5.74, 6) is -2.51. The number of phosphoric acid groups is 2. The Morgan fingerprint density at radius 3 is 0.754 bits per heavy atom. The summed E-state index contributed by atoms with van der Waals surface area (Å²) in [7, 11) is -10.1. The second-order valence-corrected chi connectivity index (χ2v) is 29.8. The van der Waals surface area contributed by atoms with Crippen LogP contribution in [0.4, 0.5) is 0 Å². The summed E-state index contributed by atoms with van der Waals surface area (Å²) < 4.78 is 68.5. The van der Waals surface area contributed by atoms with Crippen LogP contribution in [0.2, 0.25) is 0 Å². The highest BCUT2D eigenvalue weighted by atomic mass is 31.2. The molecule has 5 atom stereocenters. The van der Waals surface area contributed by atoms with Gasteiger partial charge < -0.3 is 33.8 Å². The summed E-state index contributed by atoms with van der Waals surface area (Å²) in [4.78, 5) is 73.2. The number of ether oxygens (including phenoxy) is 4. The zero-order valence-electron chi connectivity index (χ0n) is 69.9. The highest BCUT2D eigenvalue weighted by molar-refractivity contribution is 7.47. The maximum atomic E-state index is 13.1. The van der Waals surface area contributed by atoms with Crippen molar-refractivity contribution >= 4 is 39.5 Å². The monoisotopic (exact) mass is 1620 g/mol. The van der Waals surface area contributed by atoms with E-state index in [1.165, 1.54) is 38.5 Å². The number of aliphatic hydroxyl groups is 1. The first-order chi connectivity index (χ1) is 55.7. The highest BCUT2D eigenvalue weighted by Gasteiger charge is 2.30. The largest absolute Gasteiger partial charge is 0.472 e. The van der Waals surface area contributed by atoms with Crippen molar-refractivity contribution in [3.8, 4) is 0 Å². The van der Waals surface area contributed by atoms with E-state index in [0.717, 1.165) is 135 Å². The molecular formula is C95H146O17P2. The molecule has 0 aromatic rings. The third-order valence-electron chi connectivity index (χ3n) is 16.3. The standard InChI is InChI=1S/C95H146O17P2/c1-5-9-13-17-21-25-29-33-37-41-44-48-52-56-60-64-68-72-76-80-93(98)106-86-91(112-95(100)82-78-74-70-66-62-58-54-50-46-43-39-35-31-27-23-19-15-11-7-3)88-110-114(103,104)108-84-89(96)83-107-113(101,102)109-87-90(85-105-92(97)79-75-71-67-63-59-55-51-47-40-36-32-28-24-20-16-12-8-4)111-94(99)81-77-73-69-65-61-57-53-49-45-42-38-34-30-26-22-18-14-10-6-2/h9,11,13,15,21-28,33-40,44-46,48-51,55-58,60-63,67,69-70,73-74,89-91,96H,5-8,10,12,14,16-20,29-32,41-43,47,52-54,59,64-66,68,71-72,75-88H2,1-4H3,(H,101,102)(H,103,104)/b13-9-,15-11-,25-21-,26-22-,27-23-,28-24-,37-33-,38-34-,39-35-,40-36-,48-44-,49-45-,50-46-,55-51-,60-56-,61-57-,62-58-,67-63-,73-69-,74-70-/t89-,90+,91+/m0/s1. The molecule has 0 aliphatic carbocycles. The van der Waals surface area contributed by atoms with Crippen LogP contribution in [0.5, 0.6) is 0 Å². The minimum Gasteiger partial charge on any atom is -0.462 e. The number of aliphatic hydroxyl groups excluding tert-OH is 1. The number of carbonyl (C=O) groups excluding carboxylic acids is 4. The number of esters is 4. The zero-order valence-corrected chi connectivity index (χ0v) is 71.7. The number of hydrogen-bond acceptors (Lipinski definition) is 15. The van der Waals surface area contributed by atoms with Crippen molar-refractivity contribution < 1.29 is 80.2 Å². The summed E-state index contributed by atoms with van der Waals surface area (Å²) in [5, 5.41) is 10.7. The van der Waals surface area contributed by atoms with Crippen molar-refractivity contribution in [2.24, 2.45) is 0 Å². The Balaban J connectivity index is 5.65. The molecule has 0 amide bonds. The Hall–Kier alpha value is -7.14. The fourth-order valence-corrected chi connectivity index (χ4v) is 11.5. The lowest BCUT2D eigenvalue weighted by molar-refractivity contribution is -0.161. The van der Waals surface area contributed by atoms with E-state index in [9.17, 15) is 43.2 Å². The summed E-state index contributed by atoms with van der Waals surface area (Å²) >= 11 is 0. The van der Waals surface area contributed by atoms with Crippen molar-refractivity contribution in [2.75, 3.05) is 39.6 Å². The molecule has 0 fully saturated rings. The molecule has 2 unspecified atom stereocenters. The van der Waals surface area contributed by atoms with E-state index in [1.54, 1.807) is 0 Å². The normalized spacial score (nSPS) is 15.0. The van der Waals surface area contributed by atoms with E-state index < -0.39 is 97.5 Å². The molecule has 0 spiro atoms.